The number of amides is 1. The molecule has 1 aromatic heterocycles. The molecule has 1 N–H and O–H groups in total. The molecule has 0 bridgehead atoms. The average molecular weight is 671 g/mol. The molecule has 2 unspecified atom stereocenters. The molecule has 1 heterocycles. The summed E-state index contributed by atoms with van der Waals surface area (Å²) >= 11 is 5.39. The summed E-state index contributed by atoms with van der Waals surface area (Å²) in [6.07, 6.45) is -2.04. The van der Waals surface area contributed by atoms with Gasteiger partial charge >= 0.3 is 18.0 Å². The van der Waals surface area contributed by atoms with Gasteiger partial charge in [-0.05, 0) is 94.2 Å². The lowest BCUT2D eigenvalue weighted by Gasteiger charge is -2.25. The van der Waals surface area contributed by atoms with Gasteiger partial charge in [-0.3, -0.25) is 4.79 Å². The van der Waals surface area contributed by atoms with Crippen LogP contribution in [0.3, 0.4) is 0 Å². The topological polar surface area (TPSA) is 107 Å². The highest BCUT2D eigenvalue weighted by Gasteiger charge is 2.33. The number of rotatable bonds is 11. The highest BCUT2D eigenvalue weighted by molar-refractivity contribution is 7.71. The maximum Gasteiger partial charge on any atom is 0.407 e. The number of hydrogen-bond donors (Lipinski definition) is 1. The van der Waals surface area contributed by atoms with Crippen molar-refractivity contribution in [1.29, 1.82) is 0 Å². The minimum atomic E-state index is -1.34. The van der Waals surface area contributed by atoms with Crippen LogP contribution >= 0.6 is 12.2 Å². The van der Waals surface area contributed by atoms with E-state index in [9.17, 15) is 14.4 Å². The second-order valence-electron chi connectivity index (χ2n) is 12.8. The van der Waals surface area contributed by atoms with E-state index in [4.69, 9.17) is 30.8 Å². The van der Waals surface area contributed by atoms with Crippen molar-refractivity contribution in [3.05, 3.63) is 94.2 Å². The molecule has 0 saturated heterocycles. The minimum Gasteiger partial charge on any atom is -0.458 e. The van der Waals surface area contributed by atoms with E-state index in [2.05, 4.69) is 24.1 Å². The molecule has 1 aliphatic rings. The van der Waals surface area contributed by atoms with Crippen molar-refractivity contribution in [1.82, 2.24) is 5.32 Å². The lowest BCUT2D eigenvalue weighted by molar-refractivity contribution is -0.162. The number of hydrogen-bond acceptors (Lipinski definition) is 9. The first kappa shape index (κ1) is 34.6. The van der Waals surface area contributed by atoms with Crippen LogP contribution in [-0.2, 0) is 23.8 Å². The first-order valence-electron chi connectivity index (χ1n) is 16.2. The molecule has 0 aliphatic heterocycles. The third-order valence-electron chi connectivity index (χ3n) is 8.33. The van der Waals surface area contributed by atoms with Crippen LogP contribution in [0.4, 0.5) is 10.5 Å². The zero-order valence-electron chi connectivity index (χ0n) is 28.2. The van der Waals surface area contributed by atoms with Gasteiger partial charge in [-0.2, -0.15) is 0 Å². The first-order valence-corrected chi connectivity index (χ1v) is 16.7. The quantitative estimate of drug-likeness (QED) is 0.0959. The molecule has 252 valence electrons. The Morgan fingerprint density at radius 1 is 0.938 bits per heavy atom. The smallest absolute Gasteiger partial charge is 0.407 e. The fourth-order valence-corrected chi connectivity index (χ4v) is 6.34. The molecule has 0 fully saturated rings. The molecule has 1 aliphatic carbocycles. The number of anilines is 1. The minimum absolute atomic E-state index is 0.0495. The molecule has 9 nitrogen and oxygen atoms in total. The van der Waals surface area contributed by atoms with Gasteiger partial charge in [0.1, 0.15) is 29.9 Å². The number of nitrogens with one attached hydrogen (secondary N) is 1. The van der Waals surface area contributed by atoms with Crippen LogP contribution in [0.25, 0.3) is 22.1 Å². The van der Waals surface area contributed by atoms with E-state index in [0.29, 0.717) is 11.1 Å². The van der Waals surface area contributed by atoms with Crippen LogP contribution in [0, 0.1) is 4.71 Å². The molecule has 0 radical (unpaired) electrons. The molecule has 10 heteroatoms. The normalized spacial score (nSPS) is 13.6. The highest BCUT2D eigenvalue weighted by atomic mass is 32.1. The van der Waals surface area contributed by atoms with Crippen molar-refractivity contribution in [2.45, 2.75) is 71.6 Å². The highest BCUT2D eigenvalue weighted by Crippen LogP contribution is 2.44. The van der Waals surface area contributed by atoms with E-state index in [-0.39, 0.29) is 17.2 Å². The summed E-state index contributed by atoms with van der Waals surface area (Å²) in [7, 11) is 0. The van der Waals surface area contributed by atoms with Crippen LogP contribution in [-0.4, -0.2) is 49.4 Å². The van der Waals surface area contributed by atoms with Gasteiger partial charge in [0.05, 0.1) is 6.42 Å². The summed E-state index contributed by atoms with van der Waals surface area (Å²) in [6, 6.07) is 22.1. The van der Waals surface area contributed by atoms with Gasteiger partial charge < -0.3 is 28.8 Å². The number of benzene rings is 3. The Kier molecular flexibility index (Phi) is 10.5. The SMILES string of the molecule is CCN(CC)c1ccc2c(C(C)OC(=O)CC(NC(=O)OCC3c4ccccc4-c4ccccc43)C(=O)OC(C)(C)C)cc(=S)oc2c1. The number of ether oxygens (including phenoxy) is 3. The van der Waals surface area contributed by atoms with E-state index in [1.165, 1.54) is 0 Å². The van der Waals surface area contributed by atoms with Crippen LogP contribution in [0.5, 0.6) is 0 Å². The Bertz CT molecular complexity index is 1830. The van der Waals surface area contributed by atoms with Crippen molar-refractivity contribution >= 4 is 46.9 Å². The summed E-state index contributed by atoms with van der Waals surface area (Å²) in [5.41, 5.74) is 5.68. The lowest BCUT2D eigenvalue weighted by Crippen LogP contribution is -2.46. The Morgan fingerprint density at radius 2 is 1.56 bits per heavy atom. The zero-order chi connectivity index (χ0) is 34.6. The van der Waals surface area contributed by atoms with E-state index in [1.54, 1.807) is 33.8 Å². The Labute approximate surface area is 286 Å². The van der Waals surface area contributed by atoms with E-state index in [1.807, 2.05) is 66.7 Å². The largest absolute Gasteiger partial charge is 0.458 e. The zero-order valence-corrected chi connectivity index (χ0v) is 29.0. The molecule has 0 spiro atoms. The molecule has 4 aromatic rings. The summed E-state index contributed by atoms with van der Waals surface area (Å²) in [5.74, 6) is -1.66. The van der Waals surface area contributed by atoms with Gasteiger partial charge in [0.2, 0.25) is 0 Å². The number of carbonyl (C=O) groups is 3. The number of fused-ring (bicyclic) bond motifs is 4. The van der Waals surface area contributed by atoms with Crippen molar-refractivity contribution in [3.63, 3.8) is 0 Å². The third-order valence-corrected chi connectivity index (χ3v) is 8.53. The van der Waals surface area contributed by atoms with Gasteiger partial charge in [0, 0.05) is 41.7 Å². The molecular weight excluding hydrogens is 628 g/mol. The van der Waals surface area contributed by atoms with E-state index >= 15 is 0 Å². The monoisotopic (exact) mass is 670 g/mol. The summed E-state index contributed by atoms with van der Waals surface area (Å²) in [4.78, 5) is 41.8. The molecule has 2 atom stereocenters. The fourth-order valence-electron chi connectivity index (χ4n) is 6.12. The number of nitrogens with zero attached hydrogens (tertiary/aromatic N) is 1. The summed E-state index contributed by atoms with van der Waals surface area (Å²) < 4.78 is 23.1. The Hall–Kier alpha value is -4.70. The predicted octanol–water partition coefficient (Wildman–Crippen LogP) is 8.25. The molecule has 1 amide bonds. The van der Waals surface area contributed by atoms with Gasteiger partial charge in [-0.1, -0.05) is 48.5 Å². The van der Waals surface area contributed by atoms with Crippen LogP contribution < -0.4 is 10.2 Å². The van der Waals surface area contributed by atoms with E-state index < -0.39 is 42.2 Å². The maximum absolute atomic E-state index is 13.3. The second-order valence-corrected chi connectivity index (χ2v) is 13.2. The van der Waals surface area contributed by atoms with Gasteiger partial charge in [-0.25, -0.2) is 9.59 Å². The molecule has 0 saturated carbocycles. The van der Waals surface area contributed by atoms with Crippen LogP contribution in [0.1, 0.15) is 76.7 Å². The van der Waals surface area contributed by atoms with Crippen molar-refractivity contribution in [2.24, 2.45) is 0 Å². The molecule has 48 heavy (non-hydrogen) atoms. The predicted molar refractivity (Wildman–Crippen MR) is 188 cm³/mol. The average Bonchev–Trinajstić information content (AvgIpc) is 3.36. The van der Waals surface area contributed by atoms with E-state index in [0.717, 1.165) is 46.4 Å². The van der Waals surface area contributed by atoms with Gasteiger partial charge in [-0.15, -0.1) is 0 Å². The first-order chi connectivity index (χ1) is 22.9. The standard InChI is InChI=1S/C38H42N2O7S/c1-7-40(8-2)24-17-18-29-30(20-35(48)46-33(29)19-24)23(3)45-34(41)21-32(36(42)47-38(4,5)6)39-37(43)44-22-31-27-15-11-9-13-25(27)26-14-10-12-16-28(26)31/h9-20,23,31-32H,7-8,21-22H2,1-6H3,(H,39,43). The second kappa shape index (κ2) is 14.6. The molecule has 5 rings (SSSR count). The number of esters is 2. The summed E-state index contributed by atoms with van der Waals surface area (Å²) in [6.45, 7) is 12.7. The van der Waals surface area contributed by atoms with Crippen LogP contribution in [0.2, 0.25) is 0 Å². The van der Waals surface area contributed by atoms with Gasteiger partial charge in [0.15, 0.2) is 4.71 Å². The van der Waals surface area contributed by atoms with Gasteiger partial charge in [0.25, 0.3) is 0 Å². The molecule has 3 aromatic carbocycles. The van der Waals surface area contributed by atoms with Crippen molar-refractivity contribution < 1.29 is 33.0 Å². The maximum atomic E-state index is 13.3. The Balaban J connectivity index is 1.29. The van der Waals surface area contributed by atoms with Crippen molar-refractivity contribution in [2.75, 3.05) is 24.6 Å². The van der Waals surface area contributed by atoms with Crippen LogP contribution in [0.15, 0.2) is 77.2 Å². The number of alkyl carbamates (subject to hydrolysis) is 1. The summed E-state index contributed by atoms with van der Waals surface area (Å²) in [5, 5.41) is 3.30. The lowest BCUT2D eigenvalue weighted by atomic mass is 9.98. The third kappa shape index (κ3) is 7.87. The fraction of sp³-hybridized carbons (Fsp3) is 0.368. The number of carbonyl (C=O) groups excluding carboxylic acids is 3. The van der Waals surface area contributed by atoms with Crippen molar-refractivity contribution in [3.8, 4) is 11.1 Å². The Morgan fingerprint density at radius 3 is 2.17 bits per heavy atom. The molecular formula is C38H42N2O7S.